The summed E-state index contributed by atoms with van der Waals surface area (Å²) in [5.41, 5.74) is -0.761. The van der Waals surface area contributed by atoms with Crippen LogP contribution in [0, 0.1) is 17.0 Å². The van der Waals surface area contributed by atoms with E-state index >= 15 is 0 Å². The summed E-state index contributed by atoms with van der Waals surface area (Å²) in [4.78, 5) is 38.0. The Balaban J connectivity index is 1.82. The van der Waals surface area contributed by atoms with Crippen LogP contribution >= 0.6 is 16.2 Å². The SMILES string of the molecule is Cc1cn([C@H]2C[C@H](OP(C)(=O)[Se]Sc3ccccc3[N+](=O)[O-])[C@@H](CO[Si](C)(C)C(C)(C)C)O2)c(=O)[nH]c1=O. The van der Waals surface area contributed by atoms with Crippen LogP contribution in [0.2, 0.25) is 18.1 Å². The number of hydrogen-bond donors (Lipinski definition) is 1. The zero-order valence-electron chi connectivity index (χ0n) is 22.5. The molecule has 1 fully saturated rings. The molecule has 1 aromatic heterocycles. The van der Waals surface area contributed by atoms with Gasteiger partial charge in [0.2, 0.25) is 0 Å². The summed E-state index contributed by atoms with van der Waals surface area (Å²) in [6, 6.07) is 3.11. The van der Waals surface area contributed by atoms with E-state index in [9.17, 15) is 24.3 Å². The van der Waals surface area contributed by atoms with Gasteiger partial charge in [-0.3, -0.25) is 0 Å². The average Bonchev–Trinajstić information content (AvgIpc) is 3.19. The third kappa shape index (κ3) is 7.57. The number of nitro benzene ring substituents is 1. The van der Waals surface area contributed by atoms with Crippen molar-refractivity contribution in [3.05, 3.63) is 67.0 Å². The molecule has 1 N–H and O–H groups in total. The Morgan fingerprint density at radius 1 is 1.32 bits per heavy atom. The number of benzene rings is 1. The molecule has 0 amide bonds. The molecular formula is C23H34N3O8PSSeSi. The van der Waals surface area contributed by atoms with Crippen molar-refractivity contribution in [2.45, 2.75) is 75.6 Å². The predicted molar refractivity (Wildman–Crippen MR) is 151 cm³/mol. The number of nitro groups is 1. The Hall–Kier alpha value is -1.50. The van der Waals surface area contributed by atoms with Gasteiger partial charge in [-0.1, -0.05) is 0 Å². The van der Waals surface area contributed by atoms with Crippen LogP contribution in [-0.4, -0.2) is 61.7 Å². The molecule has 0 radical (unpaired) electrons. The molecule has 0 saturated carbocycles. The van der Waals surface area contributed by atoms with Crippen LogP contribution in [0.3, 0.4) is 0 Å². The van der Waals surface area contributed by atoms with Crippen LogP contribution in [0.5, 0.6) is 0 Å². The first-order valence-corrected chi connectivity index (χ1v) is 22.0. The Bertz CT molecular complexity index is 1340. The van der Waals surface area contributed by atoms with E-state index in [0.717, 1.165) is 10.2 Å². The quantitative estimate of drug-likeness (QED) is 0.168. The molecule has 0 spiro atoms. The van der Waals surface area contributed by atoms with Gasteiger partial charge in [0.15, 0.2) is 0 Å². The number of ether oxygens (including phenoxy) is 1. The molecule has 2 aromatic rings. The molecule has 11 nitrogen and oxygen atoms in total. The number of rotatable bonds is 10. The first-order valence-electron chi connectivity index (χ1n) is 12.0. The van der Waals surface area contributed by atoms with Gasteiger partial charge in [0.05, 0.1) is 0 Å². The molecule has 3 rings (SSSR count). The van der Waals surface area contributed by atoms with Crippen molar-refractivity contribution in [2.24, 2.45) is 0 Å². The second-order valence-electron chi connectivity index (χ2n) is 10.7. The van der Waals surface area contributed by atoms with Gasteiger partial charge in [0.1, 0.15) is 0 Å². The molecule has 2 heterocycles. The van der Waals surface area contributed by atoms with Gasteiger partial charge < -0.3 is 0 Å². The van der Waals surface area contributed by atoms with E-state index in [4.69, 9.17) is 13.7 Å². The molecule has 1 unspecified atom stereocenters. The summed E-state index contributed by atoms with van der Waals surface area (Å²) in [6.45, 7) is 13.9. The molecule has 1 aliphatic heterocycles. The van der Waals surface area contributed by atoms with E-state index < -0.39 is 62.4 Å². The van der Waals surface area contributed by atoms with Crippen LogP contribution in [0.25, 0.3) is 0 Å². The Labute approximate surface area is 231 Å². The second kappa shape index (κ2) is 11.9. The molecular weight excluding hydrogens is 616 g/mol. The van der Waals surface area contributed by atoms with Gasteiger partial charge in [-0.15, -0.1) is 0 Å². The summed E-state index contributed by atoms with van der Waals surface area (Å²) in [5, 5.41) is 11.3. The van der Waals surface area contributed by atoms with E-state index in [1.54, 1.807) is 25.1 Å². The fraction of sp³-hybridized carbons (Fsp3) is 0.565. The van der Waals surface area contributed by atoms with E-state index in [0.29, 0.717) is 10.5 Å². The van der Waals surface area contributed by atoms with Crippen molar-refractivity contribution in [3.63, 3.8) is 0 Å². The van der Waals surface area contributed by atoms with E-state index in [-0.39, 0.29) is 23.8 Å². The normalized spacial score (nSPS) is 21.8. The van der Waals surface area contributed by atoms with E-state index in [2.05, 4.69) is 38.8 Å². The Morgan fingerprint density at radius 3 is 2.61 bits per heavy atom. The Kier molecular flexibility index (Phi) is 9.74. The molecule has 1 aliphatic rings. The fourth-order valence-corrected chi connectivity index (χ4v) is 12.9. The van der Waals surface area contributed by atoms with Gasteiger partial charge in [0.25, 0.3) is 0 Å². The summed E-state index contributed by atoms with van der Waals surface area (Å²) < 4.78 is 33.6. The molecule has 0 bridgehead atoms. The number of para-hydroxylation sites is 1. The van der Waals surface area contributed by atoms with Crippen molar-refractivity contribution in [3.8, 4) is 0 Å². The Morgan fingerprint density at radius 2 is 1.97 bits per heavy atom. The summed E-state index contributed by atoms with van der Waals surface area (Å²) in [5.74, 6) is 0. The topological polar surface area (TPSA) is 143 Å². The average molecular weight is 651 g/mol. The summed E-state index contributed by atoms with van der Waals surface area (Å²) in [6.07, 6.45) is -0.325. The number of aryl methyl sites for hydroxylation is 1. The van der Waals surface area contributed by atoms with Crippen molar-refractivity contribution in [1.82, 2.24) is 9.55 Å². The number of nitrogens with zero attached hydrogens (tertiary/aromatic N) is 2. The summed E-state index contributed by atoms with van der Waals surface area (Å²) >= 11 is -0.659. The number of H-pyrrole nitrogens is 1. The first-order chi connectivity index (χ1) is 17.5. The van der Waals surface area contributed by atoms with Crippen LogP contribution < -0.4 is 11.2 Å². The standard InChI is InChI=1S/C23H34N3O8PSSeSi/c1-15-13-25(22(28)24-21(15)27)20-12-17(18(33-20)14-32-38(6,7)23(2,3)4)34-35(5,31)37-36-19-11-9-8-10-16(19)26(29)30/h8-11,13,17-18,20H,12,14H2,1-7H3,(H,24,27,28)/t17-,18+,20+,35?/m0/s1. The molecule has 1 aromatic carbocycles. The zero-order chi connectivity index (χ0) is 28.5. The van der Waals surface area contributed by atoms with Crippen molar-refractivity contribution in [2.75, 3.05) is 13.3 Å². The van der Waals surface area contributed by atoms with E-state index in [1.807, 2.05) is 0 Å². The monoisotopic (exact) mass is 651 g/mol. The predicted octanol–water partition coefficient (Wildman–Crippen LogP) is 4.68. The van der Waals surface area contributed by atoms with Gasteiger partial charge in [-0.2, -0.15) is 0 Å². The fourth-order valence-electron chi connectivity index (χ4n) is 3.49. The third-order valence-electron chi connectivity index (χ3n) is 6.70. The summed E-state index contributed by atoms with van der Waals surface area (Å²) in [7, 11) is -0.987. The third-order valence-corrected chi connectivity index (χ3v) is 22.0. The van der Waals surface area contributed by atoms with E-state index in [1.165, 1.54) is 23.5 Å². The van der Waals surface area contributed by atoms with Crippen LogP contribution in [-0.2, 0) is 18.3 Å². The molecule has 4 atom stereocenters. The van der Waals surface area contributed by atoms with Crippen LogP contribution in [0.15, 0.2) is 44.9 Å². The second-order valence-corrected chi connectivity index (χ2v) is 26.5. The number of aromatic amines is 1. The van der Waals surface area contributed by atoms with Gasteiger partial charge >= 0.3 is 232 Å². The zero-order valence-corrected chi connectivity index (χ0v) is 26.9. The number of aromatic nitrogens is 2. The molecule has 0 aliphatic carbocycles. The molecule has 1 saturated heterocycles. The molecule has 210 valence electrons. The molecule has 38 heavy (non-hydrogen) atoms. The number of nitrogens with one attached hydrogen (secondary N) is 1. The van der Waals surface area contributed by atoms with Crippen LogP contribution in [0.4, 0.5) is 5.69 Å². The number of hydrogen-bond acceptors (Lipinski definition) is 9. The van der Waals surface area contributed by atoms with Crippen molar-refractivity contribution < 1.29 is 23.2 Å². The van der Waals surface area contributed by atoms with Crippen molar-refractivity contribution >= 4 is 43.6 Å². The maximum atomic E-state index is 13.6. The molecule has 15 heteroatoms. The van der Waals surface area contributed by atoms with Crippen molar-refractivity contribution in [1.29, 1.82) is 0 Å². The van der Waals surface area contributed by atoms with Crippen LogP contribution in [0.1, 0.15) is 39.0 Å². The first kappa shape index (κ1) is 31.0. The van der Waals surface area contributed by atoms with Gasteiger partial charge in [-0.25, -0.2) is 0 Å². The van der Waals surface area contributed by atoms with Gasteiger partial charge in [0, 0.05) is 0 Å². The maximum absolute atomic E-state index is 13.6. The van der Waals surface area contributed by atoms with Gasteiger partial charge in [-0.05, 0) is 0 Å². The minimum absolute atomic E-state index is 0.0431. The minimum atomic E-state index is -3.21.